The molecule has 0 radical (unpaired) electrons. The molecule has 0 spiro atoms. The molecule has 0 saturated heterocycles. The van der Waals surface area contributed by atoms with Crippen molar-refractivity contribution in [2.45, 2.75) is 26.5 Å². The number of nitrogens with zero attached hydrogens (tertiary/aromatic N) is 4. The van der Waals surface area contributed by atoms with E-state index in [1.165, 1.54) is 0 Å². The van der Waals surface area contributed by atoms with Crippen LogP contribution in [0, 0.1) is 0 Å². The molecule has 146 valence electrons. The van der Waals surface area contributed by atoms with Gasteiger partial charge < -0.3 is 10.1 Å². The number of anilines is 1. The zero-order chi connectivity index (χ0) is 20.2. The predicted octanol–water partition coefficient (Wildman–Crippen LogP) is 4.24. The highest BCUT2D eigenvalue weighted by Crippen LogP contribution is 2.21. The van der Waals surface area contributed by atoms with Crippen molar-refractivity contribution in [2.75, 3.05) is 5.32 Å². The maximum Gasteiger partial charge on any atom is 0.255 e. The van der Waals surface area contributed by atoms with Crippen molar-refractivity contribution in [1.82, 2.24) is 20.2 Å². The topological polar surface area (TPSA) is 81.9 Å². The summed E-state index contributed by atoms with van der Waals surface area (Å²) in [6.07, 6.45) is 0. The number of fused-ring (bicyclic) bond motifs is 1. The number of amides is 1. The first-order valence-corrected chi connectivity index (χ1v) is 9.40. The molecule has 7 nitrogen and oxygen atoms in total. The third kappa shape index (κ3) is 4.24. The Labute approximate surface area is 168 Å². The Balaban J connectivity index is 1.45. The van der Waals surface area contributed by atoms with Crippen molar-refractivity contribution < 1.29 is 9.53 Å². The predicted molar refractivity (Wildman–Crippen MR) is 111 cm³/mol. The lowest BCUT2D eigenvalue weighted by atomic mass is 10.1. The lowest BCUT2D eigenvalue weighted by molar-refractivity contribution is 0.102. The Morgan fingerprint density at radius 1 is 1.03 bits per heavy atom. The van der Waals surface area contributed by atoms with Gasteiger partial charge in [-0.25, -0.2) is 4.68 Å². The molecule has 1 heterocycles. The van der Waals surface area contributed by atoms with E-state index in [0.29, 0.717) is 17.1 Å². The molecule has 1 aromatic heterocycles. The fourth-order valence-electron chi connectivity index (χ4n) is 3.05. The highest BCUT2D eigenvalue weighted by molar-refractivity contribution is 6.05. The number of hydrogen-bond donors (Lipinski definition) is 1. The summed E-state index contributed by atoms with van der Waals surface area (Å²) in [7, 11) is 0. The number of carbonyl (C=O) groups is 1. The van der Waals surface area contributed by atoms with Crippen LogP contribution in [0.25, 0.3) is 10.8 Å². The molecule has 0 fully saturated rings. The smallest absolute Gasteiger partial charge is 0.255 e. The van der Waals surface area contributed by atoms with Crippen molar-refractivity contribution in [1.29, 1.82) is 0 Å². The molecule has 0 aliphatic rings. The van der Waals surface area contributed by atoms with E-state index in [4.69, 9.17) is 4.74 Å². The van der Waals surface area contributed by atoms with E-state index in [-0.39, 0.29) is 18.6 Å². The van der Waals surface area contributed by atoms with Crippen LogP contribution in [-0.4, -0.2) is 26.1 Å². The van der Waals surface area contributed by atoms with E-state index in [2.05, 4.69) is 20.8 Å². The fourth-order valence-corrected chi connectivity index (χ4v) is 3.05. The summed E-state index contributed by atoms with van der Waals surface area (Å²) < 4.78 is 7.50. The molecule has 0 bridgehead atoms. The summed E-state index contributed by atoms with van der Waals surface area (Å²) in [5, 5.41) is 16.8. The van der Waals surface area contributed by atoms with Crippen LogP contribution in [-0.2, 0) is 6.61 Å². The minimum atomic E-state index is -0.197. The van der Waals surface area contributed by atoms with Crippen molar-refractivity contribution in [2.24, 2.45) is 0 Å². The van der Waals surface area contributed by atoms with E-state index in [0.717, 1.165) is 16.5 Å². The zero-order valence-corrected chi connectivity index (χ0v) is 16.2. The summed E-state index contributed by atoms with van der Waals surface area (Å²) in [5.74, 6) is 1.01. The Bertz CT molecular complexity index is 1150. The average Bonchev–Trinajstić information content (AvgIpc) is 3.21. The van der Waals surface area contributed by atoms with Crippen molar-refractivity contribution >= 4 is 22.4 Å². The largest absolute Gasteiger partial charge is 0.486 e. The third-order valence-corrected chi connectivity index (χ3v) is 4.52. The van der Waals surface area contributed by atoms with E-state index >= 15 is 0 Å². The summed E-state index contributed by atoms with van der Waals surface area (Å²) >= 11 is 0. The van der Waals surface area contributed by atoms with Gasteiger partial charge >= 0.3 is 0 Å². The van der Waals surface area contributed by atoms with Gasteiger partial charge in [0.1, 0.15) is 12.4 Å². The third-order valence-electron chi connectivity index (χ3n) is 4.52. The molecular formula is C22H21N5O2. The lowest BCUT2D eigenvalue weighted by Gasteiger charge is -2.10. The normalized spacial score (nSPS) is 11.0. The Morgan fingerprint density at radius 3 is 2.69 bits per heavy atom. The summed E-state index contributed by atoms with van der Waals surface area (Å²) in [4.78, 5) is 12.7. The van der Waals surface area contributed by atoms with Crippen LogP contribution < -0.4 is 10.1 Å². The molecule has 1 amide bonds. The molecule has 1 N–H and O–H groups in total. The highest BCUT2D eigenvalue weighted by atomic mass is 16.5. The van der Waals surface area contributed by atoms with Crippen LogP contribution in [0.1, 0.15) is 36.1 Å². The minimum absolute atomic E-state index is 0.141. The molecule has 4 rings (SSSR count). The van der Waals surface area contributed by atoms with Crippen molar-refractivity contribution in [3.05, 3.63) is 78.1 Å². The Morgan fingerprint density at radius 2 is 1.86 bits per heavy atom. The van der Waals surface area contributed by atoms with E-state index in [1.54, 1.807) is 28.9 Å². The van der Waals surface area contributed by atoms with Gasteiger partial charge in [0.2, 0.25) is 0 Å². The number of tetrazole rings is 1. The maximum atomic E-state index is 12.7. The number of rotatable bonds is 6. The molecular weight excluding hydrogens is 366 g/mol. The summed E-state index contributed by atoms with van der Waals surface area (Å²) in [5.41, 5.74) is 1.26. The van der Waals surface area contributed by atoms with Gasteiger partial charge in [-0.2, -0.15) is 0 Å². The molecule has 0 aliphatic carbocycles. The van der Waals surface area contributed by atoms with Gasteiger partial charge in [-0.15, -0.1) is 5.10 Å². The molecule has 0 aliphatic heterocycles. The SMILES string of the molecule is CC(C)n1nnnc1COc1cccc(C(=O)Nc2ccc3ccccc3c2)c1. The summed E-state index contributed by atoms with van der Waals surface area (Å²) in [6, 6.07) is 21.1. The van der Waals surface area contributed by atoms with Crippen LogP contribution in [0.3, 0.4) is 0 Å². The highest BCUT2D eigenvalue weighted by Gasteiger charge is 2.11. The van der Waals surface area contributed by atoms with Gasteiger partial charge in [0.05, 0.1) is 6.04 Å². The molecule has 7 heteroatoms. The number of nitrogens with one attached hydrogen (secondary N) is 1. The van der Waals surface area contributed by atoms with Crippen molar-refractivity contribution in [3.8, 4) is 5.75 Å². The second-order valence-electron chi connectivity index (χ2n) is 6.97. The number of hydrogen-bond acceptors (Lipinski definition) is 5. The van der Waals surface area contributed by atoms with Crippen LogP contribution in [0.4, 0.5) is 5.69 Å². The monoisotopic (exact) mass is 387 g/mol. The van der Waals surface area contributed by atoms with Gasteiger partial charge in [-0.3, -0.25) is 4.79 Å². The molecule has 0 atom stereocenters. The van der Waals surface area contributed by atoms with Crippen molar-refractivity contribution in [3.63, 3.8) is 0 Å². The number of carbonyl (C=O) groups excluding carboxylic acids is 1. The van der Waals surface area contributed by atoms with Crippen LogP contribution in [0.2, 0.25) is 0 Å². The molecule has 29 heavy (non-hydrogen) atoms. The molecule has 3 aromatic carbocycles. The average molecular weight is 387 g/mol. The summed E-state index contributed by atoms with van der Waals surface area (Å²) in [6.45, 7) is 4.22. The number of benzene rings is 3. The second kappa shape index (κ2) is 8.10. The van der Waals surface area contributed by atoms with Gasteiger partial charge in [0, 0.05) is 11.3 Å². The number of ether oxygens (including phenoxy) is 1. The maximum absolute atomic E-state index is 12.7. The zero-order valence-electron chi connectivity index (χ0n) is 16.2. The quantitative estimate of drug-likeness (QED) is 0.535. The van der Waals surface area contributed by atoms with E-state index in [9.17, 15) is 4.79 Å². The first-order valence-electron chi connectivity index (χ1n) is 9.40. The Hall–Kier alpha value is -3.74. The van der Waals surface area contributed by atoms with Gasteiger partial charge in [-0.1, -0.05) is 36.4 Å². The minimum Gasteiger partial charge on any atom is -0.486 e. The van der Waals surface area contributed by atoms with Crippen LogP contribution in [0.5, 0.6) is 5.75 Å². The first kappa shape index (κ1) is 18.6. The Kier molecular flexibility index (Phi) is 5.20. The van der Waals surface area contributed by atoms with E-state index < -0.39 is 0 Å². The van der Waals surface area contributed by atoms with Crippen LogP contribution in [0.15, 0.2) is 66.7 Å². The van der Waals surface area contributed by atoms with Gasteiger partial charge in [0.15, 0.2) is 5.82 Å². The van der Waals surface area contributed by atoms with Crippen LogP contribution >= 0.6 is 0 Å². The van der Waals surface area contributed by atoms with Gasteiger partial charge in [-0.05, 0) is 65.4 Å². The lowest BCUT2D eigenvalue weighted by Crippen LogP contribution is -2.13. The van der Waals surface area contributed by atoms with E-state index in [1.807, 2.05) is 56.3 Å². The molecule has 4 aromatic rings. The standard InChI is InChI=1S/C22H21N5O2/c1-15(2)27-21(24-25-26-27)14-29-20-9-5-8-18(13-20)22(28)23-19-11-10-16-6-3-4-7-17(16)12-19/h3-13,15H,14H2,1-2H3,(H,23,28). The van der Waals surface area contributed by atoms with Gasteiger partial charge in [0.25, 0.3) is 5.91 Å². The second-order valence-corrected chi connectivity index (χ2v) is 6.97. The molecule has 0 unspecified atom stereocenters. The molecule has 0 saturated carbocycles. The first-order chi connectivity index (χ1) is 14.1. The number of aromatic nitrogens is 4. The fraction of sp³-hybridized carbons (Fsp3) is 0.182.